The Morgan fingerprint density at radius 2 is 1.71 bits per heavy atom. The second-order valence-electron chi connectivity index (χ2n) is 7.37. The smallest absolute Gasteiger partial charge is 0.211 e. The number of fused-ring (bicyclic) bond motifs is 1. The van der Waals surface area contributed by atoms with E-state index in [0.717, 1.165) is 11.1 Å². The zero-order chi connectivity index (χ0) is 22.0. The molecular formula is C25H23NO4S. The molecule has 0 radical (unpaired) electrons. The molecule has 6 heteroatoms. The summed E-state index contributed by atoms with van der Waals surface area (Å²) in [5.41, 5.74) is 2.25. The van der Waals surface area contributed by atoms with Gasteiger partial charge in [-0.25, -0.2) is 8.42 Å². The van der Waals surface area contributed by atoms with Gasteiger partial charge in [0.05, 0.1) is 22.4 Å². The Balaban J connectivity index is 1.98. The second-order valence-corrected chi connectivity index (χ2v) is 9.29. The van der Waals surface area contributed by atoms with Crippen LogP contribution in [0.25, 0.3) is 10.9 Å². The number of aromatic nitrogens is 1. The molecule has 0 unspecified atom stereocenters. The molecule has 158 valence electrons. The minimum absolute atomic E-state index is 0.0921. The van der Waals surface area contributed by atoms with Crippen LogP contribution < -0.4 is 10.2 Å². The molecule has 0 saturated heterocycles. The van der Waals surface area contributed by atoms with E-state index in [1.165, 1.54) is 18.3 Å². The van der Waals surface area contributed by atoms with Crippen molar-refractivity contribution in [3.63, 3.8) is 0 Å². The lowest BCUT2D eigenvalue weighted by Crippen LogP contribution is -2.19. The van der Waals surface area contributed by atoms with E-state index in [1.807, 2.05) is 42.7 Å². The van der Waals surface area contributed by atoms with Crippen molar-refractivity contribution in [1.29, 1.82) is 0 Å². The molecule has 0 atom stereocenters. The molecule has 0 aliphatic heterocycles. The first-order valence-corrected chi connectivity index (χ1v) is 11.5. The number of nitrogens with zero attached hydrogens (tertiary/aromatic N) is 1. The van der Waals surface area contributed by atoms with Crippen LogP contribution in [0.2, 0.25) is 0 Å². The van der Waals surface area contributed by atoms with Gasteiger partial charge >= 0.3 is 0 Å². The third-order valence-corrected chi connectivity index (χ3v) is 6.87. The quantitative estimate of drug-likeness (QED) is 0.446. The van der Waals surface area contributed by atoms with Crippen LogP contribution in [0.1, 0.15) is 18.1 Å². The molecule has 5 nitrogen and oxygen atoms in total. The van der Waals surface area contributed by atoms with Crippen molar-refractivity contribution in [2.75, 3.05) is 6.61 Å². The fourth-order valence-corrected chi connectivity index (χ4v) is 5.05. The van der Waals surface area contributed by atoms with Gasteiger partial charge in [0.1, 0.15) is 10.6 Å². The fraction of sp³-hybridized carbons (Fsp3) is 0.160. The lowest BCUT2D eigenvalue weighted by atomic mass is 10.1. The van der Waals surface area contributed by atoms with E-state index in [4.69, 9.17) is 4.74 Å². The summed E-state index contributed by atoms with van der Waals surface area (Å²) in [6.45, 7) is 4.75. The molecule has 0 N–H and O–H groups in total. The zero-order valence-corrected chi connectivity index (χ0v) is 18.2. The first-order chi connectivity index (χ1) is 14.9. The van der Waals surface area contributed by atoms with Gasteiger partial charge < -0.3 is 9.30 Å². The molecule has 0 aliphatic carbocycles. The van der Waals surface area contributed by atoms with Crippen molar-refractivity contribution in [2.24, 2.45) is 0 Å². The van der Waals surface area contributed by atoms with Crippen molar-refractivity contribution in [1.82, 2.24) is 4.57 Å². The minimum Gasteiger partial charge on any atom is -0.494 e. The van der Waals surface area contributed by atoms with E-state index in [9.17, 15) is 13.2 Å². The normalized spacial score (nSPS) is 11.5. The van der Waals surface area contributed by atoms with Gasteiger partial charge in [-0.1, -0.05) is 48.0 Å². The molecule has 31 heavy (non-hydrogen) atoms. The molecule has 0 bridgehead atoms. The van der Waals surface area contributed by atoms with Crippen LogP contribution >= 0.6 is 0 Å². The average Bonchev–Trinajstić information content (AvgIpc) is 2.76. The number of hydrogen-bond acceptors (Lipinski definition) is 4. The molecule has 0 saturated carbocycles. The number of benzene rings is 3. The Hall–Kier alpha value is -3.38. The van der Waals surface area contributed by atoms with Crippen molar-refractivity contribution in [2.45, 2.75) is 30.2 Å². The van der Waals surface area contributed by atoms with Gasteiger partial charge in [0.2, 0.25) is 15.3 Å². The van der Waals surface area contributed by atoms with Crippen LogP contribution in [0.15, 0.2) is 93.6 Å². The monoisotopic (exact) mass is 433 g/mol. The number of hydrogen-bond donors (Lipinski definition) is 0. The Kier molecular flexibility index (Phi) is 5.65. The van der Waals surface area contributed by atoms with Crippen LogP contribution in [0.3, 0.4) is 0 Å². The van der Waals surface area contributed by atoms with Gasteiger partial charge in [0, 0.05) is 12.7 Å². The average molecular weight is 434 g/mol. The Morgan fingerprint density at radius 1 is 0.935 bits per heavy atom. The molecule has 0 spiro atoms. The van der Waals surface area contributed by atoms with Crippen molar-refractivity contribution >= 4 is 20.7 Å². The number of pyridine rings is 1. The number of sulfone groups is 1. The lowest BCUT2D eigenvalue weighted by Gasteiger charge is -2.15. The Bertz CT molecular complexity index is 1410. The molecule has 0 amide bonds. The zero-order valence-electron chi connectivity index (χ0n) is 17.4. The van der Waals surface area contributed by atoms with E-state index in [-0.39, 0.29) is 9.79 Å². The first-order valence-electron chi connectivity index (χ1n) is 10.1. The molecule has 0 fully saturated rings. The summed E-state index contributed by atoms with van der Waals surface area (Å²) in [7, 11) is -3.98. The third-order valence-electron chi connectivity index (χ3n) is 5.11. The van der Waals surface area contributed by atoms with Crippen LogP contribution in [-0.4, -0.2) is 19.6 Å². The molecule has 4 rings (SSSR count). The van der Waals surface area contributed by atoms with Gasteiger partial charge in [0.25, 0.3) is 0 Å². The number of rotatable bonds is 6. The van der Waals surface area contributed by atoms with E-state index < -0.39 is 15.3 Å². The predicted octanol–water partition coefficient (Wildman–Crippen LogP) is 4.59. The maximum Gasteiger partial charge on any atom is 0.211 e. The van der Waals surface area contributed by atoms with Gasteiger partial charge in [-0.3, -0.25) is 4.79 Å². The van der Waals surface area contributed by atoms with Crippen molar-refractivity contribution in [3.05, 3.63) is 100 Å². The molecule has 1 heterocycles. The topological polar surface area (TPSA) is 65.4 Å². The number of ether oxygens (including phenoxy) is 1. The van der Waals surface area contributed by atoms with E-state index in [2.05, 4.69) is 0 Å². The summed E-state index contributed by atoms with van der Waals surface area (Å²) in [4.78, 5) is 13.2. The standard InChI is InChI=1S/C25H23NO4S/c1-3-30-20-12-13-23-22(15-20)25(27)24(31(28,29)21-10-5-4-6-11-21)17-26(23)16-19-9-7-8-18(2)14-19/h4-15,17H,3,16H2,1-2H3. The van der Waals surface area contributed by atoms with E-state index in [0.29, 0.717) is 29.8 Å². The highest BCUT2D eigenvalue weighted by Crippen LogP contribution is 2.24. The first kappa shape index (κ1) is 20.9. The van der Waals surface area contributed by atoms with Crippen molar-refractivity contribution < 1.29 is 13.2 Å². The van der Waals surface area contributed by atoms with Crippen LogP contribution in [0, 0.1) is 6.92 Å². The van der Waals surface area contributed by atoms with Gasteiger partial charge in [-0.2, -0.15) is 0 Å². The highest BCUT2D eigenvalue weighted by Gasteiger charge is 2.24. The largest absolute Gasteiger partial charge is 0.494 e. The molecule has 3 aromatic carbocycles. The predicted molar refractivity (Wildman–Crippen MR) is 122 cm³/mol. The minimum atomic E-state index is -3.98. The van der Waals surface area contributed by atoms with Gasteiger partial charge in [-0.05, 0) is 49.7 Å². The molecule has 0 aliphatic rings. The second kappa shape index (κ2) is 8.40. The molecule has 1 aromatic heterocycles. The summed E-state index contributed by atoms with van der Waals surface area (Å²) in [6, 6.07) is 21.2. The third kappa shape index (κ3) is 4.11. The maximum absolute atomic E-state index is 13.3. The van der Waals surface area contributed by atoms with Crippen LogP contribution in [-0.2, 0) is 16.4 Å². The highest BCUT2D eigenvalue weighted by atomic mass is 32.2. The van der Waals surface area contributed by atoms with Crippen LogP contribution in [0.4, 0.5) is 0 Å². The van der Waals surface area contributed by atoms with Crippen LogP contribution in [0.5, 0.6) is 5.75 Å². The summed E-state index contributed by atoms with van der Waals surface area (Å²) in [5.74, 6) is 0.531. The maximum atomic E-state index is 13.3. The van der Waals surface area contributed by atoms with Gasteiger partial charge in [0.15, 0.2) is 0 Å². The summed E-state index contributed by atoms with van der Waals surface area (Å²) in [6.07, 6.45) is 1.45. The summed E-state index contributed by atoms with van der Waals surface area (Å²) in [5, 5.41) is 0.315. The lowest BCUT2D eigenvalue weighted by molar-refractivity contribution is 0.340. The number of aryl methyl sites for hydroxylation is 1. The molecular weight excluding hydrogens is 410 g/mol. The van der Waals surface area contributed by atoms with E-state index in [1.54, 1.807) is 36.4 Å². The SMILES string of the molecule is CCOc1ccc2c(c1)c(=O)c(S(=O)(=O)c1ccccc1)cn2Cc1cccc(C)c1. The highest BCUT2D eigenvalue weighted by molar-refractivity contribution is 7.91. The van der Waals surface area contributed by atoms with Gasteiger partial charge in [-0.15, -0.1) is 0 Å². The van der Waals surface area contributed by atoms with E-state index >= 15 is 0 Å². The molecule has 4 aromatic rings. The Labute approximate surface area is 181 Å². The summed E-state index contributed by atoms with van der Waals surface area (Å²) < 4.78 is 34.0. The fourth-order valence-electron chi connectivity index (χ4n) is 3.66. The van der Waals surface area contributed by atoms with Crippen molar-refractivity contribution in [3.8, 4) is 5.75 Å². The Morgan fingerprint density at radius 3 is 2.42 bits per heavy atom. The summed E-state index contributed by atoms with van der Waals surface area (Å²) >= 11 is 0.